The Morgan fingerprint density at radius 2 is 2.05 bits per heavy atom. The second-order valence-electron chi connectivity index (χ2n) is 4.47. The van der Waals surface area contributed by atoms with Crippen molar-refractivity contribution >= 4 is 23.1 Å². The zero-order valence-corrected chi connectivity index (χ0v) is 12.9. The summed E-state index contributed by atoms with van der Waals surface area (Å²) in [6.45, 7) is 0. The molecule has 0 spiro atoms. The normalized spacial score (nSPS) is 12.4. The maximum absolute atomic E-state index is 6.17. The number of nitrogens with two attached hydrogens (primary N) is 1. The number of aromatic nitrogens is 4. The zero-order chi connectivity index (χ0) is 14.5. The fourth-order valence-corrected chi connectivity index (χ4v) is 3.60. The van der Waals surface area contributed by atoms with E-state index < -0.39 is 0 Å². The third-order valence-electron chi connectivity index (χ3n) is 3.01. The van der Waals surface area contributed by atoms with Crippen molar-refractivity contribution in [1.29, 1.82) is 0 Å². The van der Waals surface area contributed by atoms with E-state index in [1.807, 2.05) is 36.4 Å². The number of benzene rings is 1. The van der Waals surface area contributed by atoms with Gasteiger partial charge in [0.15, 0.2) is 0 Å². The van der Waals surface area contributed by atoms with Gasteiger partial charge in [0.05, 0.1) is 5.69 Å². The van der Waals surface area contributed by atoms with Crippen molar-refractivity contribution in [1.82, 2.24) is 20.2 Å². The average Bonchev–Trinajstić information content (AvgIpc) is 3.20. The highest BCUT2D eigenvalue weighted by molar-refractivity contribution is 7.99. The molecule has 7 heteroatoms. The first-order valence-electron chi connectivity index (χ1n) is 6.60. The van der Waals surface area contributed by atoms with Gasteiger partial charge in [0, 0.05) is 16.7 Å². The van der Waals surface area contributed by atoms with E-state index in [-0.39, 0.29) is 6.04 Å². The van der Waals surface area contributed by atoms with Crippen molar-refractivity contribution < 1.29 is 0 Å². The van der Waals surface area contributed by atoms with Gasteiger partial charge < -0.3 is 5.73 Å². The average molecular weight is 317 g/mol. The van der Waals surface area contributed by atoms with Crippen LogP contribution >= 0.6 is 23.1 Å². The van der Waals surface area contributed by atoms with Crippen LogP contribution in [0.5, 0.6) is 0 Å². The number of thioether (sulfide) groups is 1. The molecule has 0 saturated carbocycles. The van der Waals surface area contributed by atoms with Gasteiger partial charge in [-0.2, -0.15) is 4.68 Å². The van der Waals surface area contributed by atoms with E-state index in [9.17, 15) is 0 Å². The fourth-order valence-electron chi connectivity index (χ4n) is 1.92. The molecule has 1 aromatic carbocycles. The smallest absolute Gasteiger partial charge is 0.214 e. The van der Waals surface area contributed by atoms with Crippen molar-refractivity contribution in [2.75, 3.05) is 5.75 Å². The van der Waals surface area contributed by atoms with Crippen LogP contribution in [0.4, 0.5) is 0 Å². The van der Waals surface area contributed by atoms with Gasteiger partial charge in [0.2, 0.25) is 5.16 Å². The monoisotopic (exact) mass is 317 g/mol. The molecule has 1 atom stereocenters. The van der Waals surface area contributed by atoms with E-state index in [0.717, 1.165) is 23.0 Å². The maximum atomic E-state index is 6.17. The van der Waals surface area contributed by atoms with Crippen LogP contribution in [0.3, 0.4) is 0 Å². The van der Waals surface area contributed by atoms with Crippen molar-refractivity contribution in [3.63, 3.8) is 0 Å². The Kier molecular flexibility index (Phi) is 4.64. The summed E-state index contributed by atoms with van der Waals surface area (Å²) >= 11 is 3.32. The fraction of sp³-hybridized carbons (Fsp3) is 0.214. The Morgan fingerprint density at radius 3 is 2.81 bits per heavy atom. The lowest BCUT2D eigenvalue weighted by atomic mass is 10.2. The second kappa shape index (κ2) is 6.84. The van der Waals surface area contributed by atoms with Crippen molar-refractivity contribution in [2.24, 2.45) is 5.73 Å². The van der Waals surface area contributed by atoms with E-state index in [1.165, 1.54) is 4.88 Å². The number of rotatable bonds is 6. The molecular weight excluding hydrogens is 302 g/mol. The number of hydrogen-bond donors (Lipinski definition) is 1. The highest BCUT2D eigenvalue weighted by atomic mass is 32.2. The molecule has 0 amide bonds. The predicted octanol–water partition coefficient (Wildman–Crippen LogP) is 2.91. The summed E-state index contributed by atoms with van der Waals surface area (Å²) in [6.07, 6.45) is 0.896. The summed E-state index contributed by atoms with van der Waals surface area (Å²) in [7, 11) is 0. The molecule has 2 heterocycles. The molecule has 5 nitrogen and oxygen atoms in total. The van der Waals surface area contributed by atoms with Crippen LogP contribution in [-0.4, -0.2) is 26.0 Å². The third kappa shape index (κ3) is 3.49. The minimum absolute atomic E-state index is 0.0820. The van der Waals surface area contributed by atoms with Crippen LogP contribution in [0, 0.1) is 0 Å². The third-order valence-corrected chi connectivity index (χ3v) is 4.97. The van der Waals surface area contributed by atoms with Gasteiger partial charge in [-0.3, -0.25) is 0 Å². The lowest BCUT2D eigenvalue weighted by molar-refractivity contribution is 0.715. The molecule has 2 N–H and O–H groups in total. The highest BCUT2D eigenvalue weighted by Gasteiger charge is 2.11. The van der Waals surface area contributed by atoms with Gasteiger partial charge in [-0.15, -0.1) is 16.4 Å². The molecule has 0 saturated heterocycles. The summed E-state index contributed by atoms with van der Waals surface area (Å²) in [6, 6.07) is 14.1. The molecule has 0 bridgehead atoms. The molecule has 3 rings (SSSR count). The quantitative estimate of drug-likeness (QED) is 0.708. The van der Waals surface area contributed by atoms with Crippen molar-refractivity contribution in [3.05, 3.63) is 52.7 Å². The first-order valence-corrected chi connectivity index (χ1v) is 8.46. The van der Waals surface area contributed by atoms with Crippen molar-refractivity contribution in [3.8, 4) is 5.69 Å². The number of tetrazole rings is 1. The first-order chi connectivity index (χ1) is 10.3. The number of nitrogens with zero attached hydrogens (tertiary/aromatic N) is 4. The Bertz CT molecular complexity index is 666. The molecule has 0 aliphatic heterocycles. The van der Waals surface area contributed by atoms with Crippen LogP contribution in [0.15, 0.2) is 53.0 Å². The summed E-state index contributed by atoms with van der Waals surface area (Å²) < 4.78 is 1.75. The van der Waals surface area contributed by atoms with Gasteiger partial charge in [-0.1, -0.05) is 36.0 Å². The van der Waals surface area contributed by atoms with Crippen LogP contribution in [0.1, 0.15) is 17.3 Å². The molecule has 0 fully saturated rings. The Balaban J connectivity index is 1.61. The van der Waals surface area contributed by atoms with E-state index in [1.54, 1.807) is 27.8 Å². The molecule has 108 valence electrons. The lowest BCUT2D eigenvalue weighted by Crippen LogP contribution is -2.09. The number of hydrogen-bond acceptors (Lipinski definition) is 6. The van der Waals surface area contributed by atoms with Gasteiger partial charge in [-0.05, 0) is 40.4 Å². The SMILES string of the molecule is NC(CCSc1nnnn1-c1ccccc1)c1cccs1. The molecule has 0 aliphatic carbocycles. The molecule has 21 heavy (non-hydrogen) atoms. The molecule has 3 aromatic rings. The predicted molar refractivity (Wildman–Crippen MR) is 85.7 cm³/mol. The molecule has 0 radical (unpaired) electrons. The Hall–Kier alpha value is -1.70. The minimum Gasteiger partial charge on any atom is -0.323 e. The summed E-state index contributed by atoms with van der Waals surface area (Å²) in [5, 5.41) is 14.7. The summed E-state index contributed by atoms with van der Waals surface area (Å²) in [5.41, 5.74) is 7.13. The second-order valence-corrected chi connectivity index (χ2v) is 6.51. The largest absolute Gasteiger partial charge is 0.323 e. The van der Waals surface area contributed by atoms with Crippen LogP contribution < -0.4 is 5.73 Å². The first kappa shape index (κ1) is 14.2. The van der Waals surface area contributed by atoms with Gasteiger partial charge in [-0.25, -0.2) is 0 Å². The van der Waals surface area contributed by atoms with Gasteiger partial charge >= 0.3 is 0 Å². The van der Waals surface area contributed by atoms with E-state index >= 15 is 0 Å². The maximum Gasteiger partial charge on any atom is 0.214 e. The molecule has 0 aliphatic rings. The molecular formula is C14H15N5S2. The van der Waals surface area contributed by atoms with E-state index in [2.05, 4.69) is 27.0 Å². The van der Waals surface area contributed by atoms with Gasteiger partial charge in [0.25, 0.3) is 0 Å². The Morgan fingerprint density at radius 1 is 1.19 bits per heavy atom. The van der Waals surface area contributed by atoms with E-state index in [0.29, 0.717) is 0 Å². The topological polar surface area (TPSA) is 69.6 Å². The standard InChI is InChI=1S/C14H15N5S2/c15-12(13-7-4-9-20-13)8-10-21-14-16-17-18-19(14)11-5-2-1-3-6-11/h1-7,9,12H,8,10,15H2. The Labute approximate surface area is 131 Å². The zero-order valence-electron chi connectivity index (χ0n) is 11.3. The summed E-state index contributed by atoms with van der Waals surface area (Å²) in [5.74, 6) is 0.881. The van der Waals surface area contributed by atoms with Crippen LogP contribution in [-0.2, 0) is 0 Å². The minimum atomic E-state index is 0.0820. The van der Waals surface area contributed by atoms with E-state index in [4.69, 9.17) is 5.73 Å². The van der Waals surface area contributed by atoms with Crippen molar-refractivity contribution in [2.45, 2.75) is 17.6 Å². The highest BCUT2D eigenvalue weighted by Crippen LogP contribution is 2.24. The van der Waals surface area contributed by atoms with Crippen LogP contribution in [0.2, 0.25) is 0 Å². The molecule has 1 unspecified atom stereocenters. The van der Waals surface area contributed by atoms with Crippen LogP contribution in [0.25, 0.3) is 5.69 Å². The van der Waals surface area contributed by atoms with Gasteiger partial charge in [0.1, 0.15) is 0 Å². The lowest BCUT2D eigenvalue weighted by Gasteiger charge is -2.08. The molecule has 2 aromatic heterocycles. The number of thiophene rings is 1. The summed E-state index contributed by atoms with van der Waals surface area (Å²) in [4.78, 5) is 1.22. The number of para-hydroxylation sites is 1.